The van der Waals surface area contributed by atoms with E-state index in [2.05, 4.69) is 9.97 Å². The first-order valence-electron chi connectivity index (χ1n) is 3.45. The van der Waals surface area contributed by atoms with Crippen LogP contribution in [-0.4, -0.2) is 14.5 Å². The molecular formula is C7H4ClF2N3. The Morgan fingerprint density at radius 1 is 1.38 bits per heavy atom. The van der Waals surface area contributed by atoms with Gasteiger partial charge in [-0.2, -0.15) is 8.78 Å². The van der Waals surface area contributed by atoms with E-state index in [0.29, 0.717) is 5.52 Å². The highest BCUT2D eigenvalue weighted by Gasteiger charge is 2.10. The van der Waals surface area contributed by atoms with Gasteiger partial charge in [0.05, 0.1) is 11.7 Å². The second kappa shape index (κ2) is 2.92. The normalized spacial score (nSPS) is 11.4. The van der Waals surface area contributed by atoms with E-state index in [4.69, 9.17) is 11.6 Å². The zero-order valence-corrected chi connectivity index (χ0v) is 7.04. The first-order chi connectivity index (χ1) is 6.18. The molecule has 3 nitrogen and oxygen atoms in total. The van der Waals surface area contributed by atoms with E-state index in [9.17, 15) is 8.78 Å². The van der Waals surface area contributed by atoms with Gasteiger partial charge in [0, 0.05) is 6.07 Å². The first kappa shape index (κ1) is 8.37. The topological polar surface area (TPSA) is 30.7 Å². The van der Waals surface area contributed by atoms with Crippen molar-refractivity contribution in [3.05, 3.63) is 23.7 Å². The van der Waals surface area contributed by atoms with E-state index >= 15 is 0 Å². The molecule has 0 N–H and O–H groups in total. The van der Waals surface area contributed by atoms with E-state index in [-0.39, 0.29) is 10.7 Å². The van der Waals surface area contributed by atoms with E-state index in [1.54, 1.807) is 0 Å². The summed E-state index contributed by atoms with van der Waals surface area (Å²) in [5, 5.41) is 0.176. The summed E-state index contributed by atoms with van der Waals surface area (Å²) in [5.74, 6) is 0. The molecule has 0 radical (unpaired) electrons. The van der Waals surface area contributed by atoms with Gasteiger partial charge in [-0.05, 0) is 0 Å². The van der Waals surface area contributed by atoms with Crippen LogP contribution in [-0.2, 0) is 0 Å². The van der Waals surface area contributed by atoms with Crippen molar-refractivity contribution in [3.8, 4) is 0 Å². The number of hydrogen-bond donors (Lipinski definition) is 0. The minimum atomic E-state index is -2.61. The van der Waals surface area contributed by atoms with E-state index < -0.39 is 6.55 Å². The second-order valence-electron chi connectivity index (χ2n) is 2.43. The molecule has 2 rings (SSSR count). The summed E-state index contributed by atoms with van der Waals surface area (Å²) in [6.07, 6.45) is 2.42. The Morgan fingerprint density at radius 2 is 2.15 bits per heavy atom. The summed E-state index contributed by atoms with van der Waals surface area (Å²) in [6, 6.07) is 1.36. The zero-order chi connectivity index (χ0) is 9.42. The van der Waals surface area contributed by atoms with Gasteiger partial charge in [-0.1, -0.05) is 11.6 Å². The zero-order valence-electron chi connectivity index (χ0n) is 6.28. The maximum absolute atomic E-state index is 12.3. The van der Waals surface area contributed by atoms with Crippen LogP contribution in [0.15, 0.2) is 18.6 Å². The molecule has 0 fully saturated rings. The highest BCUT2D eigenvalue weighted by atomic mass is 35.5. The molecule has 0 aromatic carbocycles. The molecule has 0 atom stereocenters. The van der Waals surface area contributed by atoms with Gasteiger partial charge < -0.3 is 0 Å². The summed E-state index contributed by atoms with van der Waals surface area (Å²) < 4.78 is 25.4. The molecule has 0 spiro atoms. The molecule has 0 saturated heterocycles. The van der Waals surface area contributed by atoms with Crippen molar-refractivity contribution in [2.24, 2.45) is 0 Å². The quantitative estimate of drug-likeness (QED) is 0.667. The lowest BCUT2D eigenvalue weighted by molar-refractivity contribution is 0.0746. The third-order valence-electron chi connectivity index (χ3n) is 1.64. The van der Waals surface area contributed by atoms with Crippen molar-refractivity contribution < 1.29 is 8.78 Å². The lowest BCUT2D eigenvalue weighted by Crippen LogP contribution is -1.95. The Bertz CT molecular complexity index is 440. The molecule has 6 heteroatoms. The number of halogens is 3. The molecule has 0 aliphatic rings. The van der Waals surface area contributed by atoms with Gasteiger partial charge in [0.1, 0.15) is 17.0 Å². The molecule has 0 bridgehead atoms. The van der Waals surface area contributed by atoms with Gasteiger partial charge in [-0.25, -0.2) is 9.97 Å². The van der Waals surface area contributed by atoms with Crippen LogP contribution in [0.4, 0.5) is 8.78 Å². The third-order valence-corrected chi connectivity index (χ3v) is 1.84. The van der Waals surface area contributed by atoms with Gasteiger partial charge in [0.25, 0.3) is 0 Å². The van der Waals surface area contributed by atoms with Gasteiger partial charge >= 0.3 is 6.55 Å². The Morgan fingerprint density at radius 3 is 2.85 bits per heavy atom. The van der Waals surface area contributed by atoms with Crippen molar-refractivity contribution in [1.82, 2.24) is 14.5 Å². The van der Waals surface area contributed by atoms with Crippen LogP contribution in [0.5, 0.6) is 0 Å². The summed E-state index contributed by atoms with van der Waals surface area (Å²) in [7, 11) is 0. The van der Waals surface area contributed by atoms with Gasteiger partial charge in [-0.15, -0.1) is 0 Å². The highest BCUT2D eigenvalue weighted by Crippen LogP contribution is 2.20. The SMILES string of the molecule is FC(F)n1cnc2cnc(Cl)cc21. The van der Waals surface area contributed by atoms with Crippen molar-refractivity contribution in [3.63, 3.8) is 0 Å². The van der Waals surface area contributed by atoms with E-state index in [1.807, 2.05) is 0 Å². The van der Waals surface area contributed by atoms with Crippen LogP contribution in [0.25, 0.3) is 11.0 Å². The van der Waals surface area contributed by atoms with Crippen molar-refractivity contribution in [1.29, 1.82) is 0 Å². The maximum Gasteiger partial charge on any atom is 0.320 e. The van der Waals surface area contributed by atoms with E-state index in [1.165, 1.54) is 12.3 Å². The number of pyridine rings is 1. The van der Waals surface area contributed by atoms with Crippen LogP contribution in [0.1, 0.15) is 6.55 Å². The Kier molecular flexibility index (Phi) is 1.88. The van der Waals surface area contributed by atoms with Crippen molar-refractivity contribution in [2.45, 2.75) is 6.55 Å². The fourth-order valence-corrected chi connectivity index (χ4v) is 1.21. The second-order valence-corrected chi connectivity index (χ2v) is 2.81. The molecule has 2 aromatic heterocycles. The molecule has 2 heterocycles. The fourth-order valence-electron chi connectivity index (χ4n) is 1.06. The Labute approximate surface area is 77.0 Å². The molecule has 0 aliphatic heterocycles. The molecule has 0 amide bonds. The lowest BCUT2D eigenvalue weighted by atomic mass is 10.4. The summed E-state index contributed by atoms with van der Waals surface area (Å²) >= 11 is 5.56. The predicted molar refractivity (Wildman–Crippen MR) is 43.8 cm³/mol. The third kappa shape index (κ3) is 1.35. The van der Waals surface area contributed by atoms with E-state index in [0.717, 1.165) is 10.9 Å². The average Bonchev–Trinajstić information content (AvgIpc) is 2.46. The molecule has 0 saturated carbocycles. The number of rotatable bonds is 1. The molecule has 2 aromatic rings. The summed E-state index contributed by atoms with van der Waals surface area (Å²) in [4.78, 5) is 7.47. The minimum Gasteiger partial charge on any atom is -0.273 e. The molecule has 68 valence electrons. The minimum absolute atomic E-state index is 0.176. The molecule has 0 unspecified atom stereocenters. The smallest absolute Gasteiger partial charge is 0.273 e. The monoisotopic (exact) mass is 203 g/mol. The van der Waals surface area contributed by atoms with Crippen LogP contribution in [0, 0.1) is 0 Å². The van der Waals surface area contributed by atoms with Crippen LogP contribution in [0.2, 0.25) is 5.15 Å². The Hall–Kier alpha value is -1.23. The fraction of sp³-hybridized carbons (Fsp3) is 0.143. The largest absolute Gasteiger partial charge is 0.320 e. The number of aromatic nitrogens is 3. The van der Waals surface area contributed by atoms with Gasteiger partial charge in [0.15, 0.2) is 0 Å². The number of nitrogens with zero attached hydrogens (tertiary/aromatic N) is 3. The van der Waals surface area contributed by atoms with Gasteiger partial charge in [-0.3, -0.25) is 4.57 Å². The standard InChI is InChI=1S/C7H4ClF2N3/c8-6-1-5-4(2-11-6)12-3-13(5)7(9)10/h1-3,7H. The molecule has 0 aliphatic carbocycles. The van der Waals surface area contributed by atoms with Crippen molar-refractivity contribution >= 4 is 22.6 Å². The number of fused-ring (bicyclic) bond motifs is 1. The Balaban J connectivity index is 2.71. The summed E-state index contributed by atoms with van der Waals surface area (Å²) in [6.45, 7) is -2.61. The average molecular weight is 204 g/mol. The van der Waals surface area contributed by atoms with Crippen molar-refractivity contribution in [2.75, 3.05) is 0 Å². The summed E-state index contributed by atoms with van der Waals surface area (Å²) in [5.41, 5.74) is 0.694. The van der Waals surface area contributed by atoms with Crippen LogP contribution >= 0.6 is 11.6 Å². The first-order valence-corrected chi connectivity index (χ1v) is 3.82. The number of hydrogen-bond acceptors (Lipinski definition) is 2. The number of alkyl halides is 2. The molecule has 13 heavy (non-hydrogen) atoms. The lowest BCUT2D eigenvalue weighted by Gasteiger charge is -2.00. The number of imidazole rings is 1. The maximum atomic E-state index is 12.3. The van der Waals surface area contributed by atoms with Crippen LogP contribution < -0.4 is 0 Å². The van der Waals surface area contributed by atoms with Gasteiger partial charge in [0.2, 0.25) is 0 Å². The predicted octanol–water partition coefficient (Wildman–Crippen LogP) is 2.48. The molecular weight excluding hydrogens is 200 g/mol. The highest BCUT2D eigenvalue weighted by molar-refractivity contribution is 6.29. The van der Waals surface area contributed by atoms with Crippen LogP contribution in [0.3, 0.4) is 0 Å².